The molecule has 2 rings (SSSR count). The Labute approximate surface area is 174 Å². The van der Waals surface area contributed by atoms with Crippen LogP contribution in [0.1, 0.15) is 45.4 Å². The molecule has 0 aromatic heterocycles. The van der Waals surface area contributed by atoms with Crippen molar-refractivity contribution in [3.8, 4) is 5.75 Å². The van der Waals surface area contributed by atoms with Gasteiger partial charge >= 0.3 is 6.09 Å². The molecule has 0 bridgehead atoms. The molecule has 1 amide bonds. The van der Waals surface area contributed by atoms with E-state index in [0.29, 0.717) is 16.7 Å². The number of aliphatic hydroxyl groups excluding tert-OH is 1. The summed E-state index contributed by atoms with van der Waals surface area (Å²) in [7, 11) is 1.80. The third-order valence-corrected chi connectivity index (χ3v) is 6.14. The second-order valence-electron chi connectivity index (χ2n) is 7.87. The van der Waals surface area contributed by atoms with Gasteiger partial charge in [-0.1, -0.05) is 44.2 Å². The maximum atomic E-state index is 12.2. The van der Waals surface area contributed by atoms with Gasteiger partial charge in [-0.25, -0.2) is 4.79 Å². The predicted octanol–water partition coefficient (Wildman–Crippen LogP) is 4.67. The molecule has 1 aliphatic rings. The molecule has 1 aromatic carbocycles. The van der Waals surface area contributed by atoms with Crippen LogP contribution in [0.5, 0.6) is 5.75 Å². The average molecular weight is 411 g/mol. The van der Waals surface area contributed by atoms with E-state index in [1.807, 2.05) is 0 Å². The molecule has 0 atom stereocenters. The number of benzene rings is 1. The number of halogens is 1. The van der Waals surface area contributed by atoms with E-state index in [4.69, 9.17) is 21.4 Å². The van der Waals surface area contributed by atoms with E-state index in [0.717, 1.165) is 38.5 Å². The molecule has 28 heavy (non-hydrogen) atoms. The molecular formula is C22H35ClN2O3. The Hall–Kier alpha value is -1.30. The van der Waals surface area contributed by atoms with E-state index in [1.165, 1.54) is 32.1 Å². The maximum Gasteiger partial charge on any atom is 0.414 e. The number of amides is 1. The first kappa shape index (κ1) is 23.0. The van der Waals surface area contributed by atoms with Crippen LogP contribution in [0.3, 0.4) is 0 Å². The van der Waals surface area contributed by atoms with Gasteiger partial charge in [-0.2, -0.15) is 0 Å². The van der Waals surface area contributed by atoms with Crippen LogP contribution in [0, 0.1) is 11.8 Å². The van der Waals surface area contributed by atoms with Crippen LogP contribution in [-0.2, 0) is 0 Å². The van der Waals surface area contributed by atoms with E-state index >= 15 is 0 Å². The average Bonchev–Trinajstić information content (AvgIpc) is 2.71. The first-order chi connectivity index (χ1) is 13.5. The number of aliphatic hydroxyl groups is 1. The highest BCUT2D eigenvalue weighted by atomic mass is 35.5. The lowest BCUT2D eigenvalue weighted by atomic mass is 9.79. The lowest BCUT2D eigenvalue weighted by molar-refractivity contribution is 0.153. The standard InChI is InChI=1S/C22H35ClN2O3/c1-3-25(16-17-26)15-13-19-6-4-18(5-7-19)12-14-24(2)22(27)28-21-10-8-20(23)9-11-21/h8-11,18-19,26H,3-7,12-17H2,1-2H3. The van der Waals surface area contributed by atoms with Crippen LogP contribution in [0.15, 0.2) is 24.3 Å². The van der Waals surface area contributed by atoms with Crippen LogP contribution in [-0.4, -0.2) is 60.8 Å². The van der Waals surface area contributed by atoms with E-state index in [2.05, 4.69) is 11.8 Å². The zero-order valence-electron chi connectivity index (χ0n) is 17.3. The molecule has 1 saturated carbocycles. The lowest BCUT2D eigenvalue weighted by Crippen LogP contribution is -2.32. The van der Waals surface area contributed by atoms with E-state index in [9.17, 15) is 4.79 Å². The summed E-state index contributed by atoms with van der Waals surface area (Å²) in [6, 6.07) is 6.84. The Morgan fingerprint density at radius 2 is 1.64 bits per heavy atom. The highest BCUT2D eigenvalue weighted by Crippen LogP contribution is 2.32. The minimum atomic E-state index is -0.320. The summed E-state index contributed by atoms with van der Waals surface area (Å²) in [6.07, 6.45) is 6.99. The van der Waals surface area contributed by atoms with Gasteiger partial charge in [-0.3, -0.25) is 0 Å². The summed E-state index contributed by atoms with van der Waals surface area (Å²) in [5.41, 5.74) is 0. The van der Waals surface area contributed by atoms with Gasteiger partial charge in [0.1, 0.15) is 5.75 Å². The smallest absolute Gasteiger partial charge is 0.410 e. The Morgan fingerprint density at radius 3 is 2.18 bits per heavy atom. The molecule has 1 aromatic rings. The summed E-state index contributed by atoms with van der Waals surface area (Å²) in [6.45, 7) is 6.00. The topological polar surface area (TPSA) is 53.0 Å². The number of carbonyl (C=O) groups excluding carboxylic acids is 1. The van der Waals surface area contributed by atoms with E-state index in [1.54, 1.807) is 36.2 Å². The summed E-state index contributed by atoms with van der Waals surface area (Å²) in [4.78, 5) is 16.2. The van der Waals surface area contributed by atoms with Gasteiger partial charge in [0, 0.05) is 25.2 Å². The molecule has 0 aliphatic heterocycles. The van der Waals surface area contributed by atoms with Gasteiger partial charge in [0.05, 0.1) is 6.61 Å². The molecule has 1 N–H and O–H groups in total. The SMILES string of the molecule is CCN(CCO)CCC1CCC(CCN(C)C(=O)Oc2ccc(Cl)cc2)CC1. The largest absolute Gasteiger partial charge is 0.414 e. The molecule has 0 unspecified atom stereocenters. The maximum absolute atomic E-state index is 12.2. The zero-order chi connectivity index (χ0) is 20.4. The van der Waals surface area contributed by atoms with Crippen molar-refractivity contribution in [1.82, 2.24) is 9.80 Å². The predicted molar refractivity (Wildman–Crippen MR) is 114 cm³/mol. The fraction of sp³-hybridized carbons (Fsp3) is 0.682. The van der Waals surface area contributed by atoms with E-state index < -0.39 is 0 Å². The number of likely N-dealkylation sites (N-methyl/N-ethyl adjacent to an activating group) is 1. The van der Waals surface area contributed by atoms with Gasteiger partial charge in [0.2, 0.25) is 0 Å². The monoisotopic (exact) mass is 410 g/mol. The molecule has 5 nitrogen and oxygen atoms in total. The summed E-state index contributed by atoms with van der Waals surface area (Å²) in [5.74, 6) is 2.02. The highest BCUT2D eigenvalue weighted by molar-refractivity contribution is 6.30. The van der Waals surface area contributed by atoms with Gasteiger partial charge in [0.15, 0.2) is 0 Å². The molecule has 6 heteroatoms. The minimum Gasteiger partial charge on any atom is -0.410 e. The lowest BCUT2D eigenvalue weighted by Gasteiger charge is -2.31. The fourth-order valence-electron chi connectivity index (χ4n) is 3.89. The Kier molecular flexibility index (Phi) is 10.1. The number of hydrogen-bond donors (Lipinski definition) is 1. The van der Waals surface area contributed by atoms with Crippen molar-refractivity contribution >= 4 is 17.7 Å². The second kappa shape index (κ2) is 12.3. The third kappa shape index (κ3) is 7.98. The number of carbonyl (C=O) groups is 1. The van der Waals surface area contributed by atoms with Crippen LogP contribution in [0.2, 0.25) is 5.02 Å². The van der Waals surface area contributed by atoms with Crippen LogP contribution in [0.4, 0.5) is 4.79 Å². The summed E-state index contributed by atoms with van der Waals surface area (Å²) < 4.78 is 5.38. The first-order valence-electron chi connectivity index (χ1n) is 10.5. The van der Waals surface area contributed by atoms with Crippen LogP contribution < -0.4 is 4.74 Å². The number of rotatable bonds is 10. The molecule has 1 fully saturated rings. The normalized spacial score (nSPS) is 19.6. The number of nitrogens with zero attached hydrogens (tertiary/aromatic N) is 2. The molecule has 158 valence electrons. The van der Waals surface area contributed by atoms with Gasteiger partial charge in [-0.05, 0) is 62.0 Å². The minimum absolute atomic E-state index is 0.245. The quantitative estimate of drug-likeness (QED) is 0.608. The Morgan fingerprint density at radius 1 is 1.07 bits per heavy atom. The van der Waals surface area contributed by atoms with Crippen molar-refractivity contribution in [1.29, 1.82) is 0 Å². The van der Waals surface area contributed by atoms with Crippen molar-refractivity contribution in [2.45, 2.75) is 45.4 Å². The molecule has 0 radical (unpaired) electrons. The Bertz CT molecular complexity index is 574. The number of hydrogen-bond acceptors (Lipinski definition) is 4. The highest BCUT2D eigenvalue weighted by Gasteiger charge is 2.22. The molecule has 1 aliphatic carbocycles. The second-order valence-corrected chi connectivity index (χ2v) is 8.30. The van der Waals surface area contributed by atoms with Gasteiger partial charge in [0.25, 0.3) is 0 Å². The molecular weight excluding hydrogens is 376 g/mol. The summed E-state index contributed by atoms with van der Waals surface area (Å²) >= 11 is 5.85. The first-order valence-corrected chi connectivity index (χ1v) is 10.9. The van der Waals surface area contributed by atoms with Crippen LogP contribution in [0.25, 0.3) is 0 Å². The fourth-order valence-corrected chi connectivity index (χ4v) is 4.02. The van der Waals surface area contributed by atoms with Crippen molar-refractivity contribution in [3.63, 3.8) is 0 Å². The van der Waals surface area contributed by atoms with Crippen LogP contribution >= 0.6 is 11.6 Å². The van der Waals surface area contributed by atoms with Crippen molar-refractivity contribution in [3.05, 3.63) is 29.3 Å². The Balaban J connectivity index is 1.63. The van der Waals surface area contributed by atoms with E-state index in [-0.39, 0.29) is 12.7 Å². The number of ether oxygens (including phenoxy) is 1. The third-order valence-electron chi connectivity index (χ3n) is 5.89. The van der Waals surface area contributed by atoms with Gasteiger partial charge < -0.3 is 19.6 Å². The molecule has 0 heterocycles. The van der Waals surface area contributed by atoms with Crippen molar-refractivity contribution < 1.29 is 14.6 Å². The van der Waals surface area contributed by atoms with Gasteiger partial charge in [-0.15, -0.1) is 0 Å². The molecule has 0 spiro atoms. The van der Waals surface area contributed by atoms with Crippen molar-refractivity contribution in [2.75, 3.05) is 39.8 Å². The summed E-state index contributed by atoms with van der Waals surface area (Å²) in [5, 5.41) is 9.72. The van der Waals surface area contributed by atoms with Crippen molar-refractivity contribution in [2.24, 2.45) is 11.8 Å². The molecule has 0 saturated heterocycles. The zero-order valence-corrected chi connectivity index (χ0v) is 18.0.